The molecular formula is C29H19ClF3N3. The van der Waals surface area contributed by atoms with Crippen molar-refractivity contribution in [2.24, 2.45) is 0 Å². The number of hydrogen-bond acceptors (Lipinski definition) is 2. The Labute approximate surface area is 209 Å². The van der Waals surface area contributed by atoms with Gasteiger partial charge in [0.2, 0.25) is 0 Å². The first-order valence-corrected chi connectivity index (χ1v) is 11.9. The molecule has 0 unspecified atom stereocenters. The van der Waals surface area contributed by atoms with Crippen LogP contribution in [-0.2, 0) is 12.7 Å². The summed E-state index contributed by atoms with van der Waals surface area (Å²) in [5, 5.41) is 2.26. The molecule has 0 fully saturated rings. The van der Waals surface area contributed by atoms with Crippen molar-refractivity contribution in [2.75, 3.05) is 0 Å². The van der Waals surface area contributed by atoms with Crippen LogP contribution in [0.25, 0.3) is 55.4 Å². The summed E-state index contributed by atoms with van der Waals surface area (Å²) in [4.78, 5) is 9.63. The molecule has 3 aromatic carbocycles. The topological polar surface area (TPSA) is 30.7 Å². The van der Waals surface area contributed by atoms with E-state index in [1.807, 2.05) is 54.0 Å². The number of benzene rings is 3. The van der Waals surface area contributed by atoms with Gasteiger partial charge < -0.3 is 4.57 Å². The van der Waals surface area contributed by atoms with Crippen LogP contribution < -0.4 is 0 Å². The molecule has 6 rings (SSSR count). The van der Waals surface area contributed by atoms with Crippen LogP contribution in [0.4, 0.5) is 13.2 Å². The molecule has 0 atom stereocenters. The van der Waals surface area contributed by atoms with Crippen LogP contribution in [0, 0.1) is 0 Å². The number of nitrogens with zero attached hydrogens (tertiary/aromatic N) is 3. The molecule has 3 heterocycles. The normalized spacial score (nSPS) is 12.1. The van der Waals surface area contributed by atoms with E-state index in [-0.39, 0.29) is 22.2 Å². The van der Waals surface area contributed by atoms with Gasteiger partial charge in [-0.05, 0) is 25.1 Å². The van der Waals surface area contributed by atoms with Crippen molar-refractivity contribution in [3.63, 3.8) is 0 Å². The number of aromatic nitrogens is 3. The lowest BCUT2D eigenvalue weighted by Crippen LogP contribution is -2.08. The van der Waals surface area contributed by atoms with Gasteiger partial charge in [0.15, 0.2) is 0 Å². The third kappa shape index (κ3) is 3.52. The Morgan fingerprint density at radius 3 is 2.14 bits per heavy atom. The Hall–Kier alpha value is -3.90. The van der Waals surface area contributed by atoms with Crippen LogP contribution in [0.3, 0.4) is 0 Å². The van der Waals surface area contributed by atoms with Crippen molar-refractivity contribution in [3.8, 4) is 22.5 Å². The fourth-order valence-corrected chi connectivity index (χ4v) is 5.00. The van der Waals surface area contributed by atoms with Crippen molar-refractivity contribution in [2.45, 2.75) is 19.6 Å². The molecule has 178 valence electrons. The lowest BCUT2D eigenvalue weighted by molar-refractivity contribution is -0.136. The van der Waals surface area contributed by atoms with E-state index in [1.165, 1.54) is 0 Å². The molecule has 0 saturated heterocycles. The molecule has 0 aliphatic rings. The Balaban J connectivity index is 1.82. The summed E-state index contributed by atoms with van der Waals surface area (Å²) in [6.07, 6.45) is -4.59. The third-order valence-corrected chi connectivity index (χ3v) is 6.71. The van der Waals surface area contributed by atoms with Crippen molar-refractivity contribution in [1.29, 1.82) is 0 Å². The van der Waals surface area contributed by atoms with Gasteiger partial charge >= 0.3 is 6.18 Å². The zero-order valence-electron chi connectivity index (χ0n) is 19.1. The van der Waals surface area contributed by atoms with Crippen molar-refractivity contribution < 1.29 is 13.2 Å². The summed E-state index contributed by atoms with van der Waals surface area (Å²) in [5.74, 6) is 0. The molecule has 3 aromatic heterocycles. The van der Waals surface area contributed by atoms with Gasteiger partial charge in [-0.2, -0.15) is 13.2 Å². The van der Waals surface area contributed by atoms with Crippen molar-refractivity contribution in [3.05, 3.63) is 95.5 Å². The standard InChI is InChI=1S/C29H19ClF3N3/c1-2-36-27-21-11-7-6-10-20(21)25(18-12-14-19(30)15-13-18)35-26(27)24-22(29(31,32)33)16-23(34-28(24)36)17-8-4-3-5-9-17/h3-16H,2H2,1H3. The molecule has 0 spiro atoms. The van der Waals surface area contributed by atoms with E-state index in [0.29, 0.717) is 28.3 Å². The van der Waals surface area contributed by atoms with E-state index in [9.17, 15) is 13.2 Å². The van der Waals surface area contributed by atoms with Gasteiger partial charge in [-0.15, -0.1) is 0 Å². The first kappa shape index (κ1) is 22.6. The minimum absolute atomic E-state index is 0.0139. The van der Waals surface area contributed by atoms with E-state index in [0.717, 1.165) is 22.4 Å². The molecular weight excluding hydrogens is 483 g/mol. The first-order chi connectivity index (χ1) is 17.4. The highest BCUT2D eigenvalue weighted by Crippen LogP contribution is 2.43. The molecule has 0 saturated carbocycles. The smallest absolute Gasteiger partial charge is 0.324 e. The molecule has 7 heteroatoms. The number of rotatable bonds is 3. The maximum Gasteiger partial charge on any atom is 0.417 e. The van der Waals surface area contributed by atoms with Crippen molar-refractivity contribution >= 4 is 44.4 Å². The Kier molecular flexibility index (Phi) is 5.23. The summed E-state index contributed by atoms with van der Waals surface area (Å²) in [7, 11) is 0. The van der Waals surface area contributed by atoms with Crippen LogP contribution in [-0.4, -0.2) is 14.5 Å². The number of fused-ring (bicyclic) bond motifs is 5. The van der Waals surface area contributed by atoms with E-state index in [2.05, 4.69) is 0 Å². The number of halogens is 4. The van der Waals surface area contributed by atoms with Crippen LogP contribution >= 0.6 is 11.6 Å². The minimum atomic E-state index is -4.59. The van der Waals surface area contributed by atoms with Gasteiger partial charge in [0.05, 0.1) is 33.4 Å². The fraction of sp³-hybridized carbons (Fsp3) is 0.103. The van der Waals surface area contributed by atoms with E-state index >= 15 is 0 Å². The maximum atomic E-state index is 14.6. The molecule has 0 aliphatic heterocycles. The zero-order valence-corrected chi connectivity index (χ0v) is 19.9. The summed E-state index contributed by atoms with van der Waals surface area (Å²) in [6.45, 7) is 2.35. The monoisotopic (exact) mass is 501 g/mol. The van der Waals surface area contributed by atoms with Crippen LogP contribution in [0.15, 0.2) is 84.9 Å². The molecule has 0 aliphatic carbocycles. The molecule has 36 heavy (non-hydrogen) atoms. The predicted molar refractivity (Wildman–Crippen MR) is 139 cm³/mol. The lowest BCUT2D eigenvalue weighted by atomic mass is 10.0. The second-order valence-electron chi connectivity index (χ2n) is 8.57. The van der Waals surface area contributed by atoms with Crippen LogP contribution in [0.2, 0.25) is 5.02 Å². The highest BCUT2D eigenvalue weighted by molar-refractivity contribution is 6.30. The average molecular weight is 502 g/mol. The quantitative estimate of drug-likeness (QED) is 0.242. The summed E-state index contributed by atoms with van der Waals surface area (Å²) in [6, 6.07) is 24.9. The molecule has 0 amide bonds. The SMILES string of the molecule is CCn1c2nc(-c3ccccc3)cc(C(F)(F)F)c2c2nc(-c3ccc(Cl)cc3)c3ccccc3c21. The first-order valence-electron chi connectivity index (χ1n) is 11.5. The summed E-state index contributed by atoms with van der Waals surface area (Å²) < 4.78 is 45.5. The number of hydrogen-bond donors (Lipinski definition) is 0. The Bertz CT molecular complexity index is 1760. The highest BCUT2D eigenvalue weighted by atomic mass is 35.5. The van der Waals surface area contributed by atoms with Gasteiger partial charge in [0, 0.05) is 33.5 Å². The maximum absolute atomic E-state index is 14.6. The van der Waals surface area contributed by atoms with Crippen LogP contribution in [0.1, 0.15) is 12.5 Å². The fourth-order valence-electron chi connectivity index (χ4n) is 4.88. The van der Waals surface area contributed by atoms with E-state index < -0.39 is 11.7 Å². The van der Waals surface area contributed by atoms with Gasteiger partial charge in [0.25, 0.3) is 0 Å². The molecule has 0 radical (unpaired) electrons. The highest BCUT2D eigenvalue weighted by Gasteiger charge is 2.36. The van der Waals surface area contributed by atoms with E-state index in [1.54, 1.807) is 36.4 Å². The second kappa shape index (κ2) is 8.35. The van der Waals surface area contributed by atoms with Gasteiger partial charge in [-0.1, -0.05) is 78.3 Å². The lowest BCUT2D eigenvalue weighted by Gasteiger charge is -2.12. The van der Waals surface area contributed by atoms with Gasteiger partial charge in [-0.25, -0.2) is 9.97 Å². The third-order valence-electron chi connectivity index (χ3n) is 6.46. The van der Waals surface area contributed by atoms with Crippen molar-refractivity contribution in [1.82, 2.24) is 14.5 Å². The Morgan fingerprint density at radius 1 is 0.806 bits per heavy atom. The zero-order chi connectivity index (χ0) is 25.0. The second-order valence-corrected chi connectivity index (χ2v) is 9.01. The van der Waals surface area contributed by atoms with Crippen LogP contribution in [0.5, 0.6) is 0 Å². The Morgan fingerprint density at radius 2 is 1.47 bits per heavy atom. The predicted octanol–water partition coefficient (Wildman–Crippen LogP) is 8.76. The van der Waals surface area contributed by atoms with Gasteiger partial charge in [0.1, 0.15) is 5.65 Å². The summed E-state index contributed by atoms with van der Waals surface area (Å²) in [5.41, 5.74) is 2.73. The molecule has 6 aromatic rings. The average Bonchev–Trinajstić information content (AvgIpc) is 3.21. The molecule has 0 bridgehead atoms. The molecule has 3 nitrogen and oxygen atoms in total. The number of pyridine rings is 2. The van der Waals surface area contributed by atoms with Gasteiger partial charge in [-0.3, -0.25) is 0 Å². The minimum Gasteiger partial charge on any atom is -0.324 e. The molecule has 0 N–H and O–H groups in total. The number of aryl methyl sites for hydroxylation is 1. The largest absolute Gasteiger partial charge is 0.417 e. The van der Waals surface area contributed by atoms with E-state index in [4.69, 9.17) is 21.6 Å². The number of alkyl halides is 3. The summed E-state index contributed by atoms with van der Waals surface area (Å²) >= 11 is 6.09.